The molecule has 1 aromatic carbocycles. The zero-order chi connectivity index (χ0) is 12.0. The van der Waals surface area contributed by atoms with Crippen LogP contribution in [0.1, 0.15) is 29.3 Å². The first-order chi connectivity index (χ1) is 7.63. The molecule has 3 heteroatoms. The predicted molar refractivity (Wildman–Crippen MR) is 61.5 cm³/mol. The predicted octanol–water partition coefficient (Wildman–Crippen LogP) is 2.46. The average Bonchev–Trinajstić information content (AvgIpc) is 2.27. The summed E-state index contributed by atoms with van der Waals surface area (Å²) in [6.45, 7) is 2.09. The SMILES string of the molecule is CCCc1ccc(C(=O)C=CC(=O)O)cc1. The van der Waals surface area contributed by atoms with Crippen molar-refractivity contribution in [3.8, 4) is 0 Å². The van der Waals surface area contributed by atoms with E-state index in [1.807, 2.05) is 12.1 Å². The molecule has 1 rings (SSSR count). The number of carbonyl (C=O) groups is 2. The first-order valence-corrected chi connectivity index (χ1v) is 5.17. The Morgan fingerprint density at radius 1 is 1.19 bits per heavy atom. The van der Waals surface area contributed by atoms with Crippen molar-refractivity contribution in [3.05, 3.63) is 47.5 Å². The Bertz CT molecular complexity index is 402. The quantitative estimate of drug-likeness (QED) is 0.610. The fourth-order valence-corrected chi connectivity index (χ4v) is 1.37. The molecule has 0 aliphatic rings. The highest BCUT2D eigenvalue weighted by Gasteiger charge is 2.02. The van der Waals surface area contributed by atoms with Crippen LogP contribution >= 0.6 is 0 Å². The Balaban J connectivity index is 2.74. The first-order valence-electron chi connectivity index (χ1n) is 5.17. The molecule has 0 aliphatic carbocycles. The molecular formula is C13H14O3. The lowest BCUT2D eigenvalue weighted by molar-refractivity contribution is -0.131. The number of hydrogen-bond acceptors (Lipinski definition) is 2. The molecule has 0 atom stereocenters. The first kappa shape index (κ1) is 12.2. The van der Waals surface area contributed by atoms with Crippen molar-refractivity contribution >= 4 is 11.8 Å². The van der Waals surface area contributed by atoms with E-state index >= 15 is 0 Å². The summed E-state index contributed by atoms with van der Waals surface area (Å²) in [5, 5.41) is 8.38. The van der Waals surface area contributed by atoms with Crippen molar-refractivity contribution in [3.63, 3.8) is 0 Å². The molecule has 84 valence electrons. The standard InChI is InChI=1S/C13H14O3/c1-2-3-10-4-6-11(7-5-10)12(14)8-9-13(15)16/h4-9H,2-3H2,1H3,(H,15,16). The molecule has 1 N–H and O–H groups in total. The monoisotopic (exact) mass is 218 g/mol. The van der Waals surface area contributed by atoms with E-state index in [0.717, 1.165) is 25.0 Å². The summed E-state index contributed by atoms with van der Waals surface area (Å²) >= 11 is 0. The minimum absolute atomic E-state index is 0.287. The number of ketones is 1. The van der Waals surface area contributed by atoms with Gasteiger partial charge in [0.2, 0.25) is 0 Å². The molecule has 0 heterocycles. The van der Waals surface area contributed by atoms with Crippen LogP contribution in [0.15, 0.2) is 36.4 Å². The van der Waals surface area contributed by atoms with Crippen molar-refractivity contribution in [1.29, 1.82) is 0 Å². The van der Waals surface area contributed by atoms with E-state index in [4.69, 9.17) is 5.11 Å². The Hall–Kier alpha value is -1.90. The fraction of sp³-hybridized carbons (Fsp3) is 0.231. The largest absolute Gasteiger partial charge is 0.478 e. The van der Waals surface area contributed by atoms with E-state index in [1.165, 1.54) is 5.56 Å². The van der Waals surface area contributed by atoms with Crippen molar-refractivity contribution in [2.45, 2.75) is 19.8 Å². The summed E-state index contributed by atoms with van der Waals surface area (Å²) in [5.74, 6) is -1.40. The molecule has 0 amide bonds. The summed E-state index contributed by atoms with van der Waals surface area (Å²) in [4.78, 5) is 21.7. The van der Waals surface area contributed by atoms with Gasteiger partial charge in [-0.3, -0.25) is 4.79 Å². The topological polar surface area (TPSA) is 54.4 Å². The van der Waals surface area contributed by atoms with Gasteiger partial charge in [-0.25, -0.2) is 4.79 Å². The number of aryl methyl sites for hydroxylation is 1. The van der Waals surface area contributed by atoms with Gasteiger partial charge in [0, 0.05) is 11.6 Å². The molecule has 0 aliphatic heterocycles. The average molecular weight is 218 g/mol. The Morgan fingerprint density at radius 2 is 1.81 bits per heavy atom. The summed E-state index contributed by atoms with van der Waals surface area (Å²) < 4.78 is 0. The number of benzene rings is 1. The molecule has 0 fully saturated rings. The van der Waals surface area contributed by atoms with E-state index in [0.29, 0.717) is 5.56 Å². The van der Waals surface area contributed by atoms with Crippen molar-refractivity contribution in [2.75, 3.05) is 0 Å². The Kier molecular flexibility index (Phi) is 4.45. The van der Waals surface area contributed by atoms with Gasteiger partial charge in [0.05, 0.1) is 0 Å². The summed E-state index contributed by atoms with van der Waals surface area (Å²) in [6.07, 6.45) is 3.96. The zero-order valence-corrected chi connectivity index (χ0v) is 9.14. The molecular weight excluding hydrogens is 204 g/mol. The van der Waals surface area contributed by atoms with E-state index in [9.17, 15) is 9.59 Å². The maximum absolute atomic E-state index is 11.5. The zero-order valence-electron chi connectivity index (χ0n) is 9.14. The van der Waals surface area contributed by atoms with Crippen LogP contribution in [0.4, 0.5) is 0 Å². The number of hydrogen-bond donors (Lipinski definition) is 1. The molecule has 3 nitrogen and oxygen atoms in total. The number of carboxylic acid groups (broad SMARTS) is 1. The smallest absolute Gasteiger partial charge is 0.328 e. The fourth-order valence-electron chi connectivity index (χ4n) is 1.37. The third-order valence-corrected chi connectivity index (χ3v) is 2.15. The van der Waals surface area contributed by atoms with Crippen LogP contribution in [0.3, 0.4) is 0 Å². The third kappa shape index (κ3) is 3.69. The van der Waals surface area contributed by atoms with Gasteiger partial charge in [-0.15, -0.1) is 0 Å². The molecule has 0 radical (unpaired) electrons. The number of carbonyl (C=O) groups excluding carboxylic acids is 1. The molecule has 0 saturated carbocycles. The molecule has 0 spiro atoms. The second kappa shape index (κ2) is 5.85. The van der Waals surface area contributed by atoms with Crippen molar-refractivity contribution in [2.24, 2.45) is 0 Å². The molecule has 0 bridgehead atoms. The van der Waals surface area contributed by atoms with Crippen molar-refractivity contribution in [1.82, 2.24) is 0 Å². The Labute approximate surface area is 94.4 Å². The van der Waals surface area contributed by atoms with E-state index in [1.54, 1.807) is 12.1 Å². The minimum Gasteiger partial charge on any atom is -0.478 e. The second-order valence-electron chi connectivity index (χ2n) is 3.48. The highest BCUT2D eigenvalue weighted by atomic mass is 16.4. The van der Waals surface area contributed by atoms with E-state index < -0.39 is 5.97 Å². The number of carboxylic acids is 1. The molecule has 16 heavy (non-hydrogen) atoms. The van der Waals surface area contributed by atoms with Crippen LogP contribution in [-0.4, -0.2) is 16.9 Å². The normalized spacial score (nSPS) is 10.6. The van der Waals surface area contributed by atoms with E-state index in [-0.39, 0.29) is 5.78 Å². The molecule has 0 unspecified atom stereocenters. The summed E-state index contributed by atoms with van der Waals surface area (Å²) in [7, 11) is 0. The van der Waals surface area contributed by atoms with Gasteiger partial charge < -0.3 is 5.11 Å². The highest BCUT2D eigenvalue weighted by Crippen LogP contribution is 2.07. The van der Waals surface area contributed by atoms with Gasteiger partial charge in [0.1, 0.15) is 0 Å². The molecule has 0 saturated heterocycles. The van der Waals surface area contributed by atoms with Crippen LogP contribution in [0.5, 0.6) is 0 Å². The number of rotatable bonds is 5. The molecule has 1 aromatic rings. The van der Waals surface area contributed by atoms with Crippen molar-refractivity contribution < 1.29 is 14.7 Å². The summed E-state index contributed by atoms with van der Waals surface area (Å²) in [5.41, 5.74) is 1.69. The Morgan fingerprint density at radius 3 is 2.31 bits per heavy atom. The van der Waals surface area contributed by atoms with Crippen LogP contribution in [-0.2, 0) is 11.2 Å². The lowest BCUT2D eigenvalue weighted by atomic mass is 10.1. The minimum atomic E-state index is -1.11. The maximum Gasteiger partial charge on any atom is 0.328 e. The maximum atomic E-state index is 11.5. The molecule has 0 aromatic heterocycles. The van der Waals surface area contributed by atoms with Gasteiger partial charge in [-0.2, -0.15) is 0 Å². The second-order valence-corrected chi connectivity index (χ2v) is 3.48. The third-order valence-electron chi connectivity index (χ3n) is 2.15. The van der Waals surface area contributed by atoms with Crippen LogP contribution in [0.25, 0.3) is 0 Å². The van der Waals surface area contributed by atoms with Gasteiger partial charge in [-0.05, 0) is 18.1 Å². The number of aliphatic carboxylic acids is 1. The van der Waals surface area contributed by atoms with E-state index in [2.05, 4.69) is 6.92 Å². The van der Waals surface area contributed by atoms with Crippen LogP contribution in [0, 0.1) is 0 Å². The van der Waals surface area contributed by atoms with Gasteiger partial charge in [0.25, 0.3) is 0 Å². The number of allylic oxidation sites excluding steroid dienone is 1. The van der Waals surface area contributed by atoms with Gasteiger partial charge >= 0.3 is 5.97 Å². The van der Waals surface area contributed by atoms with Gasteiger partial charge in [-0.1, -0.05) is 37.6 Å². The lowest BCUT2D eigenvalue weighted by Gasteiger charge is -1.99. The summed E-state index contributed by atoms with van der Waals surface area (Å²) in [6, 6.07) is 7.23. The van der Waals surface area contributed by atoms with Crippen LogP contribution < -0.4 is 0 Å². The van der Waals surface area contributed by atoms with Crippen LogP contribution in [0.2, 0.25) is 0 Å². The van der Waals surface area contributed by atoms with Gasteiger partial charge in [0.15, 0.2) is 5.78 Å². The highest BCUT2D eigenvalue weighted by molar-refractivity contribution is 6.06. The lowest BCUT2D eigenvalue weighted by Crippen LogP contribution is -1.97.